The number of ketones is 2. The zero-order valence-electron chi connectivity index (χ0n) is 25.8. The van der Waals surface area contributed by atoms with Gasteiger partial charge in [-0.1, -0.05) is 63.1 Å². The van der Waals surface area contributed by atoms with Crippen LogP contribution < -0.4 is 4.18 Å². The molecule has 2 aromatic rings. The molecule has 1 aliphatic heterocycles. The minimum Gasteiger partial charge on any atom is -0.385 e. The van der Waals surface area contributed by atoms with Gasteiger partial charge in [0.15, 0.2) is 17.3 Å². The Morgan fingerprint density at radius 1 is 0.884 bits per heavy atom. The smallest absolute Gasteiger partial charge is 0.339 e. The van der Waals surface area contributed by atoms with Gasteiger partial charge >= 0.3 is 10.1 Å². The molecule has 7 nitrogen and oxygen atoms in total. The van der Waals surface area contributed by atoms with Crippen LogP contribution in [0.25, 0.3) is 0 Å². The van der Waals surface area contributed by atoms with E-state index in [1.54, 1.807) is 31.4 Å². The van der Waals surface area contributed by atoms with Gasteiger partial charge in [-0.25, -0.2) is 0 Å². The number of rotatable bonds is 8. The monoisotopic (exact) mass is 625 g/mol. The van der Waals surface area contributed by atoms with Crippen LogP contribution in [0, 0.1) is 17.8 Å². The fourth-order valence-electron chi connectivity index (χ4n) is 6.65. The molecule has 0 unspecified atom stereocenters. The highest BCUT2D eigenvalue weighted by molar-refractivity contribution is 7.87. The molecule has 0 spiro atoms. The van der Waals surface area contributed by atoms with Gasteiger partial charge in [0.1, 0.15) is 4.90 Å². The minimum absolute atomic E-state index is 0.0152. The summed E-state index contributed by atoms with van der Waals surface area (Å²) in [6.45, 7) is 11.5. The van der Waals surface area contributed by atoms with Crippen molar-refractivity contribution in [2.45, 2.75) is 77.5 Å². The van der Waals surface area contributed by atoms with Crippen LogP contribution in [0.5, 0.6) is 5.75 Å². The summed E-state index contributed by atoms with van der Waals surface area (Å²) >= 11 is 6.68. The van der Waals surface area contributed by atoms with Crippen molar-refractivity contribution < 1.29 is 26.9 Å². The number of hydrogen-bond acceptors (Lipinski definition) is 7. The van der Waals surface area contributed by atoms with E-state index in [-0.39, 0.29) is 38.1 Å². The molecule has 3 aliphatic rings. The third-order valence-electron chi connectivity index (χ3n) is 8.55. The molecule has 5 rings (SSSR count). The van der Waals surface area contributed by atoms with Crippen LogP contribution in [0.3, 0.4) is 0 Å². The van der Waals surface area contributed by atoms with Gasteiger partial charge in [-0.05, 0) is 66.8 Å². The molecule has 2 aliphatic carbocycles. The second-order valence-electron chi connectivity index (χ2n) is 13.6. The van der Waals surface area contributed by atoms with E-state index in [2.05, 4.69) is 32.6 Å². The standard InChI is InChI=1S/C34H40ClNO6S/c1-21-8-11-23(12-9-21)43(39,40)42-29-13-10-22(16-24(29)35)30-31-25(17-33(2,3)19-27(31)37)36(14-7-15-41-6)26-18-34(4,5)20-28(38)32(26)30/h8-13,16,30H,7,14-15,17-20H2,1-6H3. The molecule has 0 amide bonds. The first-order valence-corrected chi connectivity index (χ1v) is 16.5. The van der Waals surface area contributed by atoms with Gasteiger partial charge in [-0.3, -0.25) is 9.59 Å². The van der Waals surface area contributed by atoms with Crippen LogP contribution >= 0.6 is 11.6 Å². The summed E-state index contributed by atoms with van der Waals surface area (Å²) in [6.07, 6.45) is 2.91. The van der Waals surface area contributed by atoms with Crippen molar-refractivity contribution >= 4 is 33.3 Å². The van der Waals surface area contributed by atoms with Crippen molar-refractivity contribution in [2.75, 3.05) is 20.3 Å². The average Bonchev–Trinajstić information content (AvgIpc) is 2.89. The van der Waals surface area contributed by atoms with Gasteiger partial charge < -0.3 is 13.8 Å². The molecule has 0 saturated carbocycles. The van der Waals surface area contributed by atoms with E-state index in [9.17, 15) is 18.0 Å². The molecule has 9 heteroatoms. The number of halogens is 1. The number of carbonyl (C=O) groups is 2. The van der Waals surface area contributed by atoms with E-state index in [1.165, 1.54) is 18.2 Å². The Labute approximate surface area is 260 Å². The number of allylic oxidation sites excluding steroid dienone is 4. The van der Waals surface area contributed by atoms with E-state index in [4.69, 9.17) is 20.5 Å². The lowest BCUT2D eigenvalue weighted by molar-refractivity contribution is -0.119. The molecular formula is C34H40ClNO6S. The molecule has 230 valence electrons. The maximum absolute atomic E-state index is 14.0. The first-order chi connectivity index (χ1) is 20.1. The predicted octanol–water partition coefficient (Wildman–Crippen LogP) is 7.14. The predicted molar refractivity (Wildman–Crippen MR) is 166 cm³/mol. The summed E-state index contributed by atoms with van der Waals surface area (Å²) < 4.78 is 36.8. The fraction of sp³-hybridized carbons (Fsp3) is 0.471. The summed E-state index contributed by atoms with van der Waals surface area (Å²) in [5, 5.41) is 0.0900. The highest BCUT2D eigenvalue weighted by atomic mass is 35.5. The van der Waals surface area contributed by atoms with E-state index < -0.39 is 16.0 Å². The molecule has 0 N–H and O–H groups in total. The van der Waals surface area contributed by atoms with Gasteiger partial charge in [-0.15, -0.1) is 0 Å². The zero-order chi connectivity index (χ0) is 31.3. The third-order valence-corrected chi connectivity index (χ3v) is 10.1. The zero-order valence-corrected chi connectivity index (χ0v) is 27.3. The molecule has 0 bridgehead atoms. The third kappa shape index (κ3) is 6.33. The summed E-state index contributed by atoms with van der Waals surface area (Å²) in [6, 6.07) is 11.3. The number of methoxy groups -OCH3 is 1. The van der Waals surface area contributed by atoms with E-state index in [1.807, 2.05) is 6.92 Å². The molecule has 1 heterocycles. The lowest BCUT2D eigenvalue weighted by Crippen LogP contribution is -2.44. The second-order valence-corrected chi connectivity index (χ2v) is 15.5. The molecule has 0 saturated heterocycles. The van der Waals surface area contributed by atoms with Gasteiger partial charge in [0.05, 0.1) is 5.02 Å². The molecule has 0 atom stereocenters. The summed E-state index contributed by atoms with van der Waals surface area (Å²) in [5.74, 6) is -0.555. The minimum atomic E-state index is -4.12. The quantitative estimate of drug-likeness (QED) is 0.227. The summed E-state index contributed by atoms with van der Waals surface area (Å²) in [5.41, 5.74) is 4.34. The van der Waals surface area contributed by atoms with E-state index in [0.29, 0.717) is 55.5 Å². The molecule has 2 aromatic carbocycles. The maximum atomic E-state index is 14.0. The number of ether oxygens (including phenoxy) is 1. The molecular weight excluding hydrogens is 586 g/mol. The Balaban J connectivity index is 1.62. The highest BCUT2D eigenvalue weighted by Gasteiger charge is 2.49. The van der Waals surface area contributed by atoms with Crippen molar-refractivity contribution in [1.82, 2.24) is 4.90 Å². The van der Waals surface area contributed by atoms with Gasteiger partial charge in [0, 0.05) is 61.6 Å². The summed E-state index contributed by atoms with van der Waals surface area (Å²) in [4.78, 5) is 30.2. The van der Waals surface area contributed by atoms with Crippen molar-refractivity contribution in [2.24, 2.45) is 10.8 Å². The normalized spacial score (nSPS) is 20.3. The average molecular weight is 626 g/mol. The summed E-state index contributed by atoms with van der Waals surface area (Å²) in [7, 11) is -2.45. The topological polar surface area (TPSA) is 90.0 Å². The highest BCUT2D eigenvalue weighted by Crippen LogP contribution is 2.54. The Morgan fingerprint density at radius 2 is 1.44 bits per heavy atom. The molecule has 43 heavy (non-hydrogen) atoms. The Kier molecular flexibility index (Phi) is 8.44. The van der Waals surface area contributed by atoms with Gasteiger partial charge in [0.2, 0.25) is 0 Å². The number of nitrogens with zero attached hydrogens (tertiary/aromatic N) is 1. The van der Waals surface area contributed by atoms with E-state index >= 15 is 0 Å². The van der Waals surface area contributed by atoms with Crippen LogP contribution in [-0.2, 0) is 24.4 Å². The van der Waals surface area contributed by atoms with Crippen molar-refractivity contribution in [3.8, 4) is 5.75 Å². The Hall–Kier alpha value is -2.94. The first-order valence-electron chi connectivity index (χ1n) is 14.7. The van der Waals surface area contributed by atoms with Crippen molar-refractivity contribution in [3.63, 3.8) is 0 Å². The molecule has 0 aromatic heterocycles. The van der Waals surface area contributed by atoms with Crippen LogP contribution in [-0.4, -0.2) is 45.1 Å². The Morgan fingerprint density at radius 3 is 1.95 bits per heavy atom. The van der Waals surface area contributed by atoms with E-state index in [0.717, 1.165) is 23.4 Å². The number of Topliss-reactive ketones (excluding diaryl/α,β-unsaturated/α-hetero) is 2. The van der Waals surface area contributed by atoms with Crippen LogP contribution in [0.15, 0.2) is 69.9 Å². The largest absolute Gasteiger partial charge is 0.385 e. The van der Waals surface area contributed by atoms with Gasteiger partial charge in [-0.2, -0.15) is 8.42 Å². The molecule has 0 fully saturated rings. The van der Waals surface area contributed by atoms with Crippen molar-refractivity contribution in [1.29, 1.82) is 0 Å². The maximum Gasteiger partial charge on any atom is 0.339 e. The van der Waals surface area contributed by atoms with Crippen LogP contribution in [0.4, 0.5) is 0 Å². The van der Waals surface area contributed by atoms with Gasteiger partial charge in [0.25, 0.3) is 0 Å². The Bertz CT molecular complexity index is 1580. The SMILES string of the molecule is COCCCN1C2=C(C(=O)CC(C)(C)C2)C(c2ccc(OS(=O)(=O)c3ccc(C)cc3)c(Cl)c2)C2=C1CC(C)(C)CC2=O. The lowest BCUT2D eigenvalue weighted by Gasteiger charge is -2.49. The van der Waals surface area contributed by atoms with Crippen LogP contribution in [0.1, 0.15) is 76.8 Å². The number of carbonyl (C=O) groups excluding carboxylic acids is 2. The van der Waals surface area contributed by atoms with Crippen molar-refractivity contribution in [3.05, 3.63) is 81.2 Å². The number of hydrogen-bond donors (Lipinski definition) is 0. The second kappa shape index (κ2) is 11.5. The number of benzene rings is 2. The number of aryl methyl sites for hydroxylation is 1. The fourth-order valence-corrected chi connectivity index (χ4v) is 7.87. The lowest BCUT2D eigenvalue weighted by atomic mass is 9.63. The first kappa shape index (κ1) is 31.5. The molecule has 0 radical (unpaired) electrons. The van der Waals surface area contributed by atoms with Crippen LogP contribution in [0.2, 0.25) is 5.02 Å².